The van der Waals surface area contributed by atoms with Gasteiger partial charge in [-0.05, 0) is 18.6 Å². The lowest BCUT2D eigenvalue weighted by Crippen LogP contribution is -2.31. The fraction of sp³-hybridized carbons (Fsp3) is 0.267. The molecule has 0 saturated heterocycles. The van der Waals surface area contributed by atoms with Gasteiger partial charge in [0.15, 0.2) is 5.84 Å². The Balaban J connectivity index is 0.00000144. The van der Waals surface area contributed by atoms with E-state index in [1.165, 1.54) is 0 Å². The fourth-order valence-electron chi connectivity index (χ4n) is 2.36. The Morgan fingerprint density at radius 2 is 2.13 bits per heavy atom. The van der Waals surface area contributed by atoms with Crippen molar-refractivity contribution >= 4 is 29.0 Å². The molecule has 0 spiro atoms. The van der Waals surface area contributed by atoms with E-state index in [1.807, 2.05) is 36.2 Å². The molecular weight excluding hydrogens is 292 g/mol. The van der Waals surface area contributed by atoms with Gasteiger partial charge >= 0.3 is 0 Å². The Morgan fingerprint density at radius 1 is 1.35 bits per heavy atom. The van der Waals surface area contributed by atoms with Crippen LogP contribution in [0.15, 0.2) is 35.5 Å². The Bertz CT molecular complexity index is 718. The summed E-state index contributed by atoms with van der Waals surface area (Å²) in [4.78, 5) is 15.6. The standard InChI is InChI=1S/C15H19N7.H3N.H2/c1-3-8-22(2)15-17-9-10-13(20-15)18-11-6-4-5-7-12(11)19-14(10)21-16;;/h4-7,9H,3,8,16H2,1-2H3,(H,19,21)(H,17,18,20);1H3;1H. The summed E-state index contributed by atoms with van der Waals surface area (Å²) in [5.41, 5.74) is 5.06. The van der Waals surface area contributed by atoms with E-state index < -0.39 is 0 Å². The predicted octanol–water partition coefficient (Wildman–Crippen LogP) is 2.33. The van der Waals surface area contributed by atoms with E-state index in [-0.39, 0.29) is 7.58 Å². The van der Waals surface area contributed by atoms with Crippen LogP contribution in [-0.2, 0) is 0 Å². The zero-order chi connectivity index (χ0) is 15.5. The number of amidine groups is 1. The van der Waals surface area contributed by atoms with Crippen LogP contribution in [0.1, 0.15) is 20.3 Å². The summed E-state index contributed by atoms with van der Waals surface area (Å²) >= 11 is 0. The van der Waals surface area contributed by atoms with Crippen molar-refractivity contribution in [1.29, 1.82) is 0 Å². The highest BCUT2D eigenvalue weighted by Crippen LogP contribution is 2.32. The molecule has 1 aromatic carbocycles. The topological polar surface area (TPSA) is 126 Å². The number of rotatable bonds is 3. The van der Waals surface area contributed by atoms with Gasteiger partial charge in [-0.2, -0.15) is 4.98 Å². The van der Waals surface area contributed by atoms with Crippen LogP contribution in [-0.4, -0.2) is 29.4 Å². The molecule has 8 heteroatoms. The first-order valence-corrected chi connectivity index (χ1v) is 7.23. The number of fused-ring (bicyclic) bond motifs is 2. The maximum absolute atomic E-state index is 5.62. The minimum Gasteiger partial charge on any atom is -0.344 e. The lowest BCUT2D eigenvalue weighted by molar-refractivity contribution is 0.819. The molecular formula is C15H24N8. The van der Waals surface area contributed by atoms with E-state index in [0.717, 1.165) is 29.9 Å². The molecule has 0 saturated carbocycles. The zero-order valence-electron chi connectivity index (χ0n) is 13.4. The highest BCUT2D eigenvalue weighted by Gasteiger charge is 2.18. The number of hydrogen-bond acceptors (Lipinski definition) is 8. The third kappa shape index (κ3) is 3.22. The Labute approximate surface area is 136 Å². The van der Waals surface area contributed by atoms with E-state index in [9.17, 15) is 0 Å². The third-order valence-corrected chi connectivity index (χ3v) is 3.46. The molecule has 1 aromatic heterocycles. The van der Waals surface area contributed by atoms with E-state index >= 15 is 0 Å². The zero-order valence-corrected chi connectivity index (χ0v) is 13.4. The number of aromatic nitrogens is 2. The number of benzene rings is 1. The fourth-order valence-corrected chi connectivity index (χ4v) is 2.36. The van der Waals surface area contributed by atoms with Gasteiger partial charge in [-0.15, -0.1) is 0 Å². The quantitative estimate of drug-likeness (QED) is 0.505. The van der Waals surface area contributed by atoms with Crippen LogP contribution in [0, 0.1) is 0 Å². The molecule has 0 unspecified atom stereocenters. The summed E-state index contributed by atoms with van der Waals surface area (Å²) in [6.07, 6.45) is 2.77. The van der Waals surface area contributed by atoms with Gasteiger partial charge in [-0.25, -0.2) is 15.8 Å². The molecule has 0 atom stereocenters. The van der Waals surface area contributed by atoms with Gasteiger partial charge in [0.2, 0.25) is 5.95 Å². The van der Waals surface area contributed by atoms with Crippen molar-refractivity contribution in [2.75, 3.05) is 23.8 Å². The minimum atomic E-state index is 0. The van der Waals surface area contributed by atoms with Gasteiger partial charge in [-0.1, -0.05) is 19.1 Å². The normalized spacial score (nSPS) is 11.9. The van der Waals surface area contributed by atoms with Crippen LogP contribution in [0.5, 0.6) is 0 Å². The van der Waals surface area contributed by atoms with Gasteiger partial charge in [-0.3, -0.25) is 0 Å². The van der Waals surface area contributed by atoms with E-state index in [4.69, 9.17) is 5.84 Å². The number of nitrogens with one attached hydrogen (secondary N) is 2. The maximum Gasteiger partial charge on any atom is 0.227 e. The highest BCUT2D eigenvalue weighted by atomic mass is 15.3. The van der Waals surface area contributed by atoms with Gasteiger partial charge in [0.25, 0.3) is 0 Å². The molecule has 8 nitrogen and oxygen atoms in total. The summed E-state index contributed by atoms with van der Waals surface area (Å²) in [6, 6.07) is 7.76. The first-order chi connectivity index (χ1) is 10.7. The Hall–Kier alpha value is -2.71. The van der Waals surface area contributed by atoms with Crippen molar-refractivity contribution in [2.24, 2.45) is 10.8 Å². The smallest absolute Gasteiger partial charge is 0.227 e. The van der Waals surface area contributed by atoms with Crippen molar-refractivity contribution in [3.8, 4) is 0 Å². The average Bonchev–Trinajstić information content (AvgIpc) is 2.70. The number of hydrazine groups is 1. The number of nitrogens with two attached hydrogens (primary N) is 1. The third-order valence-electron chi connectivity index (χ3n) is 3.46. The van der Waals surface area contributed by atoms with Crippen LogP contribution in [0.25, 0.3) is 0 Å². The first-order valence-electron chi connectivity index (χ1n) is 7.23. The van der Waals surface area contributed by atoms with Crippen molar-refractivity contribution in [2.45, 2.75) is 13.3 Å². The van der Waals surface area contributed by atoms with Gasteiger partial charge < -0.3 is 21.8 Å². The summed E-state index contributed by atoms with van der Waals surface area (Å²) in [5.74, 6) is 7.51. The second-order valence-corrected chi connectivity index (χ2v) is 5.10. The molecule has 23 heavy (non-hydrogen) atoms. The predicted molar refractivity (Wildman–Crippen MR) is 96.0 cm³/mol. The molecule has 0 radical (unpaired) electrons. The molecule has 7 N–H and O–H groups in total. The molecule has 1 aliphatic heterocycles. The molecule has 0 aliphatic carbocycles. The van der Waals surface area contributed by atoms with E-state index in [0.29, 0.717) is 17.6 Å². The number of nitrogens with zero attached hydrogens (tertiary/aromatic N) is 4. The van der Waals surface area contributed by atoms with Crippen molar-refractivity contribution in [3.05, 3.63) is 36.0 Å². The van der Waals surface area contributed by atoms with Gasteiger partial charge in [0.05, 0.1) is 16.9 Å². The van der Waals surface area contributed by atoms with Gasteiger partial charge in [0.1, 0.15) is 5.82 Å². The summed E-state index contributed by atoms with van der Waals surface area (Å²) in [5, 5.41) is 3.32. The Morgan fingerprint density at radius 3 is 2.87 bits per heavy atom. The number of anilines is 3. The molecule has 124 valence electrons. The van der Waals surface area contributed by atoms with Crippen molar-refractivity contribution < 1.29 is 1.43 Å². The van der Waals surface area contributed by atoms with Crippen LogP contribution in [0.2, 0.25) is 0 Å². The molecule has 2 heterocycles. The molecule has 0 fully saturated rings. The molecule has 0 amide bonds. The minimum absolute atomic E-state index is 0. The van der Waals surface area contributed by atoms with E-state index in [1.54, 1.807) is 6.20 Å². The van der Waals surface area contributed by atoms with Crippen molar-refractivity contribution in [1.82, 2.24) is 21.5 Å². The number of hydrogen-bond donors (Lipinski definition) is 4. The van der Waals surface area contributed by atoms with Crippen LogP contribution in [0.3, 0.4) is 0 Å². The summed E-state index contributed by atoms with van der Waals surface area (Å²) in [7, 11) is 1.98. The van der Waals surface area contributed by atoms with E-state index in [2.05, 4.69) is 32.6 Å². The van der Waals surface area contributed by atoms with Crippen LogP contribution in [0.4, 0.5) is 23.1 Å². The molecule has 3 rings (SSSR count). The summed E-state index contributed by atoms with van der Waals surface area (Å²) < 4.78 is 0. The summed E-state index contributed by atoms with van der Waals surface area (Å²) in [6.45, 7) is 3.02. The monoisotopic (exact) mass is 316 g/mol. The molecule has 0 bridgehead atoms. The number of aliphatic imine (C=N–C) groups is 1. The maximum atomic E-state index is 5.62. The number of para-hydroxylation sites is 2. The van der Waals surface area contributed by atoms with Gasteiger partial charge in [0, 0.05) is 21.2 Å². The van der Waals surface area contributed by atoms with Crippen molar-refractivity contribution in [3.63, 3.8) is 0 Å². The average molecular weight is 316 g/mol. The lowest BCUT2D eigenvalue weighted by atomic mass is 10.2. The first kappa shape index (κ1) is 16.7. The van der Waals surface area contributed by atoms with Crippen LogP contribution >= 0.6 is 0 Å². The second-order valence-electron chi connectivity index (χ2n) is 5.10. The molecule has 1 aliphatic rings. The molecule has 2 aromatic rings. The Kier molecular flexibility index (Phi) is 5.09. The largest absolute Gasteiger partial charge is 0.344 e. The SMILES string of the molecule is CCCN(C)c1ncc2c(n1)Nc1ccccc1N=C2NN.N.[HH]. The lowest BCUT2D eigenvalue weighted by Gasteiger charge is -2.18. The highest BCUT2D eigenvalue weighted by molar-refractivity contribution is 6.06. The van der Waals surface area contributed by atoms with Crippen LogP contribution < -0.4 is 27.6 Å². The second kappa shape index (κ2) is 7.03.